The van der Waals surface area contributed by atoms with E-state index in [9.17, 15) is 14.5 Å². The maximum absolute atomic E-state index is 13.3. The van der Waals surface area contributed by atoms with Crippen molar-refractivity contribution >= 4 is 11.6 Å². The molecule has 2 N–H and O–H groups in total. The molecular formula is C17H19FN4O2. The van der Waals surface area contributed by atoms with E-state index < -0.39 is 4.92 Å². The lowest BCUT2D eigenvalue weighted by Gasteiger charge is -2.12. The number of nitro benzene ring substituents is 1. The van der Waals surface area contributed by atoms with Crippen LogP contribution < -0.4 is 10.6 Å². The van der Waals surface area contributed by atoms with Gasteiger partial charge in [0.25, 0.3) is 5.69 Å². The van der Waals surface area contributed by atoms with Crippen LogP contribution in [-0.4, -0.2) is 17.9 Å². The number of halogens is 1. The van der Waals surface area contributed by atoms with Gasteiger partial charge < -0.3 is 10.6 Å². The fraction of sp³-hybridized carbons (Fsp3) is 0.235. The number of nitrogens with zero attached hydrogens (tertiary/aromatic N) is 2. The highest BCUT2D eigenvalue weighted by molar-refractivity contribution is 5.79. The fourth-order valence-corrected chi connectivity index (χ4v) is 2.24. The van der Waals surface area contributed by atoms with Gasteiger partial charge in [-0.15, -0.1) is 0 Å². The maximum Gasteiger partial charge on any atom is 0.274 e. The molecule has 24 heavy (non-hydrogen) atoms. The minimum Gasteiger partial charge on any atom is -0.352 e. The molecular weight excluding hydrogens is 311 g/mol. The average molecular weight is 330 g/mol. The largest absolute Gasteiger partial charge is 0.352 e. The molecule has 0 saturated heterocycles. The van der Waals surface area contributed by atoms with Crippen molar-refractivity contribution in [2.45, 2.75) is 20.0 Å². The Kier molecular flexibility index (Phi) is 5.83. The van der Waals surface area contributed by atoms with E-state index in [1.165, 1.54) is 12.1 Å². The smallest absolute Gasteiger partial charge is 0.274 e. The molecule has 0 aromatic heterocycles. The van der Waals surface area contributed by atoms with Gasteiger partial charge in [-0.05, 0) is 24.1 Å². The molecule has 0 amide bonds. The van der Waals surface area contributed by atoms with Gasteiger partial charge in [-0.25, -0.2) is 4.39 Å². The number of benzene rings is 2. The van der Waals surface area contributed by atoms with Crippen molar-refractivity contribution in [1.82, 2.24) is 10.6 Å². The van der Waals surface area contributed by atoms with E-state index in [0.717, 1.165) is 5.56 Å². The molecule has 0 fully saturated rings. The van der Waals surface area contributed by atoms with Crippen molar-refractivity contribution < 1.29 is 9.31 Å². The first kappa shape index (κ1) is 17.4. The Morgan fingerprint density at radius 2 is 1.92 bits per heavy atom. The topological polar surface area (TPSA) is 79.6 Å². The Hall–Kier alpha value is -2.96. The van der Waals surface area contributed by atoms with Crippen LogP contribution in [0.3, 0.4) is 0 Å². The van der Waals surface area contributed by atoms with Gasteiger partial charge in [0, 0.05) is 31.8 Å². The fourth-order valence-electron chi connectivity index (χ4n) is 2.24. The standard InChI is InChI=1S/C17H19FN4O2/c1-12-9-13(7-8-15(12)18)10-20-17(19-2)21-11-14-5-3-4-6-16(14)22(23)24/h3-9H,10-11H2,1-2H3,(H2,19,20,21). The number of rotatable bonds is 5. The van der Waals surface area contributed by atoms with Crippen LogP contribution in [0.4, 0.5) is 10.1 Å². The van der Waals surface area contributed by atoms with Crippen molar-refractivity contribution in [2.75, 3.05) is 7.05 Å². The Balaban J connectivity index is 1.96. The summed E-state index contributed by atoms with van der Waals surface area (Å²) >= 11 is 0. The number of hydrogen-bond acceptors (Lipinski definition) is 3. The lowest BCUT2D eigenvalue weighted by atomic mass is 10.1. The SMILES string of the molecule is CN=C(NCc1ccc(F)c(C)c1)NCc1ccccc1[N+](=O)[O-]. The minimum atomic E-state index is -0.408. The monoisotopic (exact) mass is 330 g/mol. The molecule has 2 aromatic carbocycles. The molecule has 0 unspecified atom stereocenters. The highest BCUT2D eigenvalue weighted by Crippen LogP contribution is 2.17. The van der Waals surface area contributed by atoms with Crippen LogP contribution in [-0.2, 0) is 13.1 Å². The Morgan fingerprint density at radius 1 is 1.21 bits per heavy atom. The van der Waals surface area contributed by atoms with Crippen molar-refractivity contribution in [1.29, 1.82) is 0 Å². The first-order chi connectivity index (χ1) is 11.5. The number of guanidine groups is 1. The van der Waals surface area contributed by atoms with Crippen LogP contribution >= 0.6 is 0 Å². The van der Waals surface area contributed by atoms with Crippen LogP contribution in [0, 0.1) is 22.9 Å². The van der Waals surface area contributed by atoms with E-state index in [0.29, 0.717) is 23.6 Å². The molecule has 0 aliphatic rings. The summed E-state index contributed by atoms with van der Waals surface area (Å²) in [5, 5.41) is 17.1. The van der Waals surface area contributed by atoms with Crippen molar-refractivity contribution in [3.05, 3.63) is 75.1 Å². The number of para-hydroxylation sites is 1. The van der Waals surface area contributed by atoms with Crippen molar-refractivity contribution in [2.24, 2.45) is 4.99 Å². The number of hydrogen-bond donors (Lipinski definition) is 2. The second-order valence-electron chi connectivity index (χ2n) is 5.25. The number of nitrogens with one attached hydrogen (secondary N) is 2. The van der Waals surface area contributed by atoms with E-state index in [1.807, 2.05) is 0 Å². The van der Waals surface area contributed by atoms with Crippen LogP contribution in [0.5, 0.6) is 0 Å². The van der Waals surface area contributed by atoms with E-state index in [4.69, 9.17) is 0 Å². The van der Waals surface area contributed by atoms with Gasteiger partial charge in [-0.2, -0.15) is 0 Å². The van der Waals surface area contributed by atoms with Gasteiger partial charge in [-0.1, -0.05) is 30.3 Å². The predicted octanol–water partition coefficient (Wildman–Crippen LogP) is 2.91. The summed E-state index contributed by atoms with van der Waals surface area (Å²) in [4.78, 5) is 14.7. The highest BCUT2D eigenvalue weighted by Gasteiger charge is 2.12. The van der Waals surface area contributed by atoms with Crippen molar-refractivity contribution in [3.63, 3.8) is 0 Å². The molecule has 2 rings (SSSR count). The van der Waals surface area contributed by atoms with E-state index >= 15 is 0 Å². The molecule has 2 aromatic rings. The summed E-state index contributed by atoms with van der Waals surface area (Å²) in [6.45, 7) is 2.46. The number of nitro groups is 1. The summed E-state index contributed by atoms with van der Waals surface area (Å²) in [5.41, 5.74) is 2.14. The predicted molar refractivity (Wildman–Crippen MR) is 91.3 cm³/mol. The zero-order chi connectivity index (χ0) is 17.5. The molecule has 6 nitrogen and oxygen atoms in total. The Bertz CT molecular complexity index is 762. The quantitative estimate of drug-likeness (QED) is 0.382. The first-order valence-corrected chi connectivity index (χ1v) is 7.43. The van der Waals surface area contributed by atoms with E-state index in [1.54, 1.807) is 44.3 Å². The molecule has 0 spiro atoms. The van der Waals surface area contributed by atoms with Gasteiger partial charge in [0.05, 0.1) is 4.92 Å². The summed E-state index contributed by atoms with van der Waals surface area (Å²) in [5.74, 6) is 0.271. The Morgan fingerprint density at radius 3 is 2.58 bits per heavy atom. The molecule has 0 aliphatic carbocycles. The molecule has 0 atom stereocenters. The molecule has 0 aliphatic heterocycles. The number of aryl methyl sites for hydroxylation is 1. The Labute approximate surface area is 139 Å². The van der Waals surface area contributed by atoms with Gasteiger partial charge in [0.1, 0.15) is 5.82 Å². The molecule has 7 heteroatoms. The third-order valence-electron chi connectivity index (χ3n) is 3.54. The van der Waals surface area contributed by atoms with Gasteiger partial charge in [-0.3, -0.25) is 15.1 Å². The summed E-state index contributed by atoms with van der Waals surface area (Å²) in [7, 11) is 1.62. The third-order valence-corrected chi connectivity index (χ3v) is 3.54. The zero-order valence-electron chi connectivity index (χ0n) is 13.5. The second kappa shape index (κ2) is 8.05. The van der Waals surface area contributed by atoms with Gasteiger partial charge in [0.15, 0.2) is 5.96 Å². The lowest BCUT2D eigenvalue weighted by molar-refractivity contribution is -0.385. The average Bonchev–Trinajstić information content (AvgIpc) is 2.58. The van der Waals surface area contributed by atoms with Crippen molar-refractivity contribution in [3.8, 4) is 0 Å². The molecule has 0 heterocycles. The minimum absolute atomic E-state index is 0.0645. The van der Waals surface area contributed by atoms with E-state index in [-0.39, 0.29) is 18.0 Å². The number of aliphatic imine (C=N–C) groups is 1. The first-order valence-electron chi connectivity index (χ1n) is 7.43. The van der Waals surface area contributed by atoms with Crippen LogP contribution in [0.25, 0.3) is 0 Å². The normalized spacial score (nSPS) is 11.2. The maximum atomic E-state index is 13.3. The third kappa shape index (κ3) is 4.52. The molecule has 0 bridgehead atoms. The summed E-state index contributed by atoms with van der Waals surface area (Å²) < 4.78 is 13.3. The summed E-state index contributed by atoms with van der Waals surface area (Å²) in [6, 6.07) is 11.4. The second-order valence-corrected chi connectivity index (χ2v) is 5.25. The molecule has 126 valence electrons. The van der Waals surface area contributed by atoms with Crippen LogP contribution in [0.2, 0.25) is 0 Å². The van der Waals surface area contributed by atoms with Crippen LogP contribution in [0.15, 0.2) is 47.5 Å². The van der Waals surface area contributed by atoms with Gasteiger partial charge in [0.2, 0.25) is 0 Å². The molecule has 0 radical (unpaired) electrons. The lowest BCUT2D eigenvalue weighted by Crippen LogP contribution is -2.36. The molecule has 0 saturated carbocycles. The zero-order valence-corrected chi connectivity index (χ0v) is 13.5. The van der Waals surface area contributed by atoms with Gasteiger partial charge >= 0.3 is 0 Å². The summed E-state index contributed by atoms with van der Waals surface area (Å²) in [6.07, 6.45) is 0. The van der Waals surface area contributed by atoms with E-state index in [2.05, 4.69) is 15.6 Å². The highest BCUT2D eigenvalue weighted by atomic mass is 19.1. The van der Waals surface area contributed by atoms with Crippen LogP contribution in [0.1, 0.15) is 16.7 Å².